The number of nitrogens with zero attached hydrogens (tertiary/aromatic N) is 3. The van der Waals surface area contributed by atoms with E-state index in [0.29, 0.717) is 24.5 Å². The standard InChI is InChI=1S/C21H20N4O2S/c1-2-11-27-17-13-15(14-18-16(17)8-12-28-18)21(26)22-9-5-7-20-24-23-19-6-3-4-10-25(19)20/h2-4,6,8,10,12-14H,1,5,7,9,11H2,(H,22,26). The van der Waals surface area contributed by atoms with E-state index in [9.17, 15) is 4.79 Å². The molecule has 0 aliphatic heterocycles. The molecule has 4 aromatic rings. The molecule has 1 N–H and O–H groups in total. The second-order valence-corrected chi connectivity index (χ2v) is 7.26. The summed E-state index contributed by atoms with van der Waals surface area (Å²) in [5.41, 5.74) is 1.43. The molecule has 0 spiro atoms. The summed E-state index contributed by atoms with van der Waals surface area (Å²) in [6.07, 6.45) is 5.16. The van der Waals surface area contributed by atoms with Crippen LogP contribution in [-0.2, 0) is 6.42 Å². The molecular weight excluding hydrogens is 372 g/mol. The number of fused-ring (bicyclic) bond motifs is 2. The summed E-state index contributed by atoms with van der Waals surface area (Å²) in [5, 5.41) is 14.4. The monoisotopic (exact) mass is 392 g/mol. The SMILES string of the molecule is C=CCOc1cc(C(=O)NCCCc2nnc3ccccn23)cc2sccc12. The highest BCUT2D eigenvalue weighted by molar-refractivity contribution is 7.17. The molecular formula is C21H20N4O2S. The van der Waals surface area contributed by atoms with E-state index in [1.54, 1.807) is 23.5 Å². The zero-order chi connectivity index (χ0) is 19.3. The van der Waals surface area contributed by atoms with Gasteiger partial charge in [-0.3, -0.25) is 9.20 Å². The Hall–Kier alpha value is -3.19. The summed E-state index contributed by atoms with van der Waals surface area (Å²) in [4.78, 5) is 12.6. The fourth-order valence-electron chi connectivity index (χ4n) is 3.05. The van der Waals surface area contributed by atoms with Gasteiger partial charge in [0, 0.05) is 34.8 Å². The van der Waals surface area contributed by atoms with Crippen LogP contribution in [0.5, 0.6) is 5.75 Å². The number of carbonyl (C=O) groups is 1. The first-order chi connectivity index (χ1) is 13.8. The van der Waals surface area contributed by atoms with Crippen LogP contribution in [0.1, 0.15) is 22.6 Å². The molecule has 1 aromatic carbocycles. The molecule has 6 nitrogen and oxygen atoms in total. The Bertz CT molecular complexity index is 1130. The van der Waals surface area contributed by atoms with Gasteiger partial charge >= 0.3 is 0 Å². The lowest BCUT2D eigenvalue weighted by Gasteiger charge is -2.09. The number of pyridine rings is 1. The highest BCUT2D eigenvalue weighted by Gasteiger charge is 2.12. The third kappa shape index (κ3) is 3.75. The van der Waals surface area contributed by atoms with Gasteiger partial charge in [0.2, 0.25) is 0 Å². The van der Waals surface area contributed by atoms with Crippen LogP contribution in [-0.4, -0.2) is 33.7 Å². The molecule has 3 aromatic heterocycles. The van der Waals surface area contributed by atoms with E-state index in [2.05, 4.69) is 22.1 Å². The average Bonchev–Trinajstić information content (AvgIpc) is 3.36. The van der Waals surface area contributed by atoms with Gasteiger partial charge in [0.15, 0.2) is 5.65 Å². The molecule has 28 heavy (non-hydrogen) atoms. The van der Waals surface area contributed by atoms with Crippen LogP contribution >= 0.6 is 11.3 Å². The van der Waals surface area contributed by atoms with E-state index in [0.717, 1.165) is 34.4 Å². The van der Waals surface area contributed by atoms with E-state index in [1.165, 1.54) is 0 Å². The van der Waals surface area contributed by atoms with E-state index in [1.807, 2.05) is 46.3 Å². The molecule has 0 saturated heterocycles. The summed E-state index contributed by atoms with van der Waals surface area (Å²) in [6, 6.07) is 11.5. The number of benzene rings is 1. The van der Waals surface area contributed by atoms with Crippen molar-refractivity contribution in [1.82, 2.24) is 19.9 Å². The molecule has 1 amide bonds. The van der Waals surface area contributed by atoms with Crippen LogP contribution in [0.25, 0.3) is 15.7 Å². The Balaban J connectivity index is 1.39. The Morgan fingerprint density at radius 2 is 2.21 bits per heavy atom. The van der Waals surface area contributed by atoms with Gasteiger partial charge in [0.25, 0.3) is 5.91 Å². The second kappa shape index (κ2) is 8.22. The lowest BCUT2D eigenvalue weighted by molar-refractivity contribution is 0.0953. The average molecular weight is 392 g/mol. The van der Waals surface area contributed by atoms with Gasteiger partial charge in [-0.05, 0) is 42.1 Å². The van der Waals surface area contributed by atoms with Crippen molar-refractivity contribution in [3.63, 3.8) is 0 Å². The highest BCUT2D eigenvalue weighted by Crippen LogP contribution is 2.31. The van der Waals surface area contributed by atoms with Crippen LogP contribution in [0.3, 0.4) is 0 Å². The first-order valence-electron chi connectivity index (χ1n) is 9.08. The van der Waals surface area contributed by atoms with Crippen molar-refractivity contribution in [2.24, 2.45) is 0 Å². The van der Waals surface area contributed by atoms with E-state index in [4.69, 9.17) is 4.74 Å². The molecule has 7 heteroatoms. The van der Waals surface area contributed by atoms with Crippen molar-refractivity contribution >= 4 is 33.0 Å². The smallest absolute Gasteiger partial charge is 0.251 e. The molecule has 0 bridgehead atoms. The predicted octanol–water partition coefficient (Wildman–Crippen LogP) is 3.87. The fraction of sp³-hybridized carbons (Fsp3) is 0.190. The lowest BCUT2D eigenvalue weighted by Crippen LogP contribution is -2.25. The van der Waals surface area contributed by atoms with Crippen molar-refractivity contribution < 1.29 is 9.53 Å². The first kappa shape index (κ1) is 18.2. The van der Waals surface area contributed by atoms with Gasteiger partial charge in [-0.1, -0.05) is 18.7 Å². The number of nitrogens with one attached hydrogen (secondary N) is 1. The van der Waals surface area contributed by atoms with E-state index >= 15 is 0 Å². The molecule has 0 atom stereocenters. The molecule has 0 saturated carbocycles. The van der Waals surface area contributed by atoms with Crippen molar-refractivity contribution in [2.75, 3.05) is 13.2 Å². The maximum atomic E-state index is 12.6. The maximum absolute atomic E-state index is 12.6. The second-order valence-electron chi connectivity index (χ2n) is 6.31. The van der Waals surface area contributed by atoms with Gasteiger partial charge in [-0.25, -0.2) is 0 Å². The number of thiophene rings is 1. The number of rotatable bonds is 8. The molecule has 0 radical (unpaired) electrons. The lowest BCUT2D eigenvalue weighted by atomic mass is 10.1. The molecule has 4 rings (SSSR count). The van der Waals surface area contributed by atoms with Gasteiger partial charge in [0.1, 0.15) is 18.2 Å². The Kier molecular flexibility index (Phi) is 5.34. The van der Waals surface area contributed by atoms with Crippen molar-refractivity contribution in [3.8, 4) is 5.75 Å². The van der Waals surface area contributed by atoms with Crippen LogP contribution in [0.4, 0.5) is 0 Å². The summed E-state index contributed by atoms with van der Waals surface area (Å²) < 4.78 is 8.72. The van der Waals surface area contributed by atoms with E-state index in [-0.39, 0.29) is 5.91 Å². The summed E-state index contributed by atoms with van der Waals surface area (Å²) in [6.45, 7) is 4.64. The number of aromatic nitrogens is 3. The van der Waals surface area contributed by atoms with Gasteiger partial charge in [0.05, 0.1) is 0 Å². The van der Waals surface area contributed by atoms with Gasteiger partial charge in [-0.2, -0.15) is 0 Å². The topological polar surface area (TPSA) is 68.5 Å². The number of hydrogen-bond acceptors (Lipinski definition) is 5. The number of carbonyl (C=O) groups excluding carboxylic acids is 1. The minimum absolute atomic E-state index is 0.107. The predicted molar refractivity (Wildman–Crippen MR) is 111 cm³/mol. The van der Waals surface area contributed by atoms with Crippen LogP contribution in [0, 0.1) is 0 Å². The van der Waals surface area contributed by atoms with E-state index < -0.39 is 0 Å². The molecule has 0 fully saturated rings. The summed E-state index contributed by atoms with van der Waals surface area (Å²) in [5.74, 6) is 1.49. The normalized spacial score (nSPS) is 11.0. The zero-order valence-electron chi connectivity index (χ0n) is 15.3. The summed E-state index contributed by atoms with van der Waals surface area (Å²) in [7, 11) is 0. The van der Waals surface area contributed by atoms with Crippen LogP contribution in [0.2, 0.25) is 0 Å². The third-order valence-corrected chi connectivity index (χ3v) is 5.26. The van der Waals surface area contributed by atoms with Crippen LogP contribution < -0.4 is 10.1 Å². The number of hydrogen-bond donors (Lipinski definition) is 1. The number of aryl methyl sites for hydroxylation is 1. The Morgan fingerprint density at radius 1 is 1.29 bits per heavy atom. The zero-order valence-corrected chi connectivity index (χ0v) is 16.1. The molecule has 3 heterocycles. The minimum atomic E-state index is -0.107. The first-order valence-corrected chi connectivity index (χ1v) is 9.96. The third-order valence-electron chi connectivity index (χ3n) is 4.40. The Morgan fingerprint density at radius 3 is 3.11 bits per heavy atom. The minimum Gasteiger partial charge on any atom is -0.489 e. The largest absolute Gasteiger partial charge is 0.489 e. The fourth-order valence-corrected chi connectivity index (χ4v) is 3.89. The van der Waals surface area contributed by atoms with Crippen LogP contribution in [0.15, 0.2) is 60.6 Å². The molecule has 0 aliphatic carbocycles. The number of amides is 1. The highest BCUT2D eigenvalue weighted by atomic mass is 32.1. The maximum Gasteiger partial charge on any atom is 0.251 e. The van der Waals surface area contributed by atoms with Gasteiger partial charge < -0.3 is 10.1 Å². The van der Waals surface area contributed by atoms with Gasteiger partial charge in [-0.15, -0.1) is 21.5 Å². The molecule has 0 aliphatic rings. The Labute approximate surface area is 166 Å². The molecule has 0 unspecified atom stereocenters. The number of ether oxygens (including phenoxy) is 1. The van der Waals surface area contributed by atoms with Crippen molar-refractivity contribution in [2.45, 2.75) is 12.8 Å². The summed E-state index contributed by atoms with van der Waals surface area (Å²) >= 11 is 1.59. The molecule has 142 valence electrons. The van der Waals surface area contributed by atoms with Crippen molar-refractivity contribution in [1.29, 1.82) is 0 Å². The van der Waals surface area contributed by atoms with Crippen molar-refractivity contribution in [3.05, 3.63) is 72.0 Å². The quantitative estimate of drug-likeness (QED) is 0.365.